The number of benzene rings is 2. The maximum atomic E-state index is 13.6. The lowest BCUT2D eigenvalue weighted by atomic mass is 9.60. The number of likely N-dealkylation sites (tertiary alicyclic amines) is 2. The zero-order valence-electron chi connectivity index (χ0n) is 18.1. The monoisotopic (exact) mass is 422 g/mol. The summed E-state index contributed by atoms with van der Waals surface area (Å²) in [5.41, 5.74) is 2.98. The molecule has 1 saturated carbocycles. The van der Waals surface area contributed by atoms with Crippen LogP contribution in [0.25, 0.3) is 11.1 Å². The van der Waals surface area contributed by atoms with Gasteiger partial charge in [0.2, 0.25) is 5.91 Å². The molecule has 2 saturated heterocycles. The fraction of sp³-hybridized carbons (Fsp3) is 0.500. The van der Waals surface area contributed by atoms with Crippen LogP contribution in [-0.4, -0.2) is 58.6 Å². The van der Waals surface area contributed by atoms with E-state index in [9.17, 15) is 14.3 Å². The predicted octanol–water partition coefficient (Wildman–Crippen LogP) is 4.04. The first-order valence-corrected chi connectivity index (χ1v) is 11.5. The zero-order chi connectivity index (χ0) is 21.6. The third kappa shape index (κ3) is 3.48. The Morgan fingerprint density at radius 1 is 1.10 bits per heavy atom. The van der Waals surface area contributed by atoms with Gasteiger partial charge in [0.1, 0.15) is 5.82 Å². The average Bonchev–Trinajstić information content (AvgIpc) is 3.23. The molecule has 3 aliphatic rings. The molecule has 31 heavy (non-hydrogen) atoms. The number of rotatable bonds is 5. The van der Waals surface area contributed by atoms with Gasteiger partial charge >= 0.3 is 0 Å². The largest absolute Gasteiger partial charge is 0.395 e. The van der Waals surface area contributed by atoms with E-state index >= 15 is 0 Å². The first kappa shape index (κ1) is 20.7. The van der Waals surface area contributed by atoms with Crippen molar-refractivity contribution in [2.24, 2.45) is 5.92 Å². The predicted molar refractivity (Wildman–Crippen MR) is 119 cm³/mol. The van der Waals surface area contributed by atoms with Gasteiger partial charge < -0.3 is 10.0 Å². The van der Waals surface area contributed by atoms with Crippen LogP contribution < -0.4 is 0 Å². The van der Waals surface area contributed by atoms with Gasteiger partial charge in [0.25, 0.3) is 0 Å². The molecule has 1 amide bonds. The number of carbonyl (C=O) groups excluding carboxylic acids is 1. The fourth-order valence-corrected chi connectivity index (χ4v) is 6.26. The Balaban J connectivity index is 1.41. The molecule has 1 aliphatic carbocycles. The topological polar surface area (TPSA) is 43.8 Å². The van der Waals surface area contributed by atoms with E-state index in [1.807, 2.05) is 23.1 Å². The number of nitrogens with zero attached hydrogens (tertiary/aromatic N) is 2. The second kappa shape index (κ2) is 8.03. The molecule has 2 aromatic carbocycles. The Morgan fingerprint density at radius 2 is 1.81 bits per heavy atom. The van der Waals surface area contributed by atoms with E-state index in [1.165, 1.54) is 37.3 Å². The minimum absolute atomic E-state index is 0.0674. The number of amides is 1. The lowest BCUT2D eigenvalue weighted by molar-refractivity contribution is -0.198. The van der Waals surface area contributed by atoms with Crippen LogP contribution in [0.1, 0.15) is 44.1 Å². The van der Waals surface area contributed by atoms with E-state index in [4.69, 9.17) is 0 Å². The summed E-state index contributed by atoms with van der Waals surface area (Å²) in [4.78, 5) is 16.4. The van der Waals surface area contributed by atoms with Crippen molar-refractivity contribution in [3.8, 4) is 11.1 Å². The van der Waals surface area contributed by atoms with Crippen LogP contribution in [-0.2, 0) is 4.79 Å². The van der Waals surface area contributed by atoms with E-state index in [2.05, 4.69) is 17.0 Å². The minimum atomic E-state index is -0.235. The summed E-state index contributed by atoms with van der Waals surface area (Å²) in [7, 11) is 0. The Morgan fingerprint density at radius 3 is 2.42 bits per heavy atom. The molecule has 0 radical (unpaired) electrons. The van der Waals surface area contributed by atoms with Gasteiger partial charge in [-0.1, -0.05) is 49.2 Å². The zero-order valence-corrected chi connectivity index (χ0v) is 18.1. The first-order valence-electron chi connectivity index (χ1n) is 11.5. The molecule has 0 bridgehead atoms. The van der Waals surface area contributed by atoms with Gasteiger partial charge in [-0.25, -0.2) is 4.39 Å². The van der Waals surface area contributed by atoms with Gasteiger partial charge in [-0.3, -0.25) is 9.69 Å². The van der Waals surface area contributed by atoms with Gasteiger partial charge in [-0.15, -0.1) is 0 Å². The maximum Gasteiger partial charge on any atom is 0.219 e. The highest BCUT2D eigenvalue weighted by molar-refractivity contribution is 5.75. The van der Waals surface area contributed by atoms with Gasteiger partial charge in [-0.2, -0.15) is 0 Å². The smallest absolute Gasteiger partial charge is 0.219 e. The third-order valence-electron chi connectivity index (χ3n) is 7.86. The molecular weight excluding hydrogens is 391 g/mol. The molecule has 2 aliphatic heterocycles. The van der Waals surface area contributed by atoms with Crippen LogP contribution in [0.2, 0.25) is 0 Å². The minimum Gasteiger partial charge on any atom is -0.395 e. The first-order chi connectivity index (χ1) is 15.0. The summed E-state index contributed by atoms with van der Waals surface area (Å²) >= 11 is 0. The Kier molecular flexibility index (Phi) is 5.35. The summed E-state index contributed by atoms with van der Waals surface area (Å²) in [6.45, 7) is 4.27. The van der Waals surface area contributed by atoms with Crippen molar-refractivity contribution in [2.75, 3.05) is 26.2 Å². The van der Waals surface area contributed by atoms with Crippen molar-refractivity contribution in [3.05, 3.63) is 59.9 Å². The van der Waals surface area contributed by atoms with E-state index in [1.54, 1.807) is 19.1 Å². The van der Waals surface area contributed by atoms with E-state index in [0.717, 1.165) is 30.8 Å². The van der Waals surface area contributed by atoms with E-state index < -0.39 is 0 Å². The van der Waals surface area contributed by atoms with Crippen LogP contribution in [0.5, 0.6) is 0 Å². The van der Waals surface area contributed by atoms with Crippen molar-refractivity contribution < 1.29 is 14.3 Å². The Hall–Kier alpha value is -2.24. The molecule has 0 unspecified atom stereocenters. The molecule has 5 rings (SSSR count). The second-order valence-corrected chi connectivity index (χ2v) is 9.64. The average molecular weight is 423 g/mol. The number of hydrogen-bond donors (Lipinski definition) is 1. The SMILES string of the molecule is CC(=O)N1CC2(C1)[C@@H](c1ccc(-c3cccc(F)c3)cc1)[C@@H](CO)N2CC1CCCC1. The van der Waals surface area contributed by atoms with Crippen LogP contribution in [0.15, 0.2) is 48.5 Å². The molecule has 5 heteroatoms. The Bertz CT molecular complexity index is 948. The number of carbonyl (C=O) groups is 1. The maximum absolute atomic E-state index is 13.6. The van der Waals surface area contributed by atoms with Gasteiger partial charge in [-0.05, 0) is 47.6 Å². The standard InChI is InChI=1S/C26H31FN2O2/c1-18(31)28-16-26(17-28)25(24(15-30)29(26)14-19-5-2-3-6-19)21-11-9-20(10-12-21)22-7-4-8-23(27)13-22/h4,7-13,19,24-25,30H,2-3,5-6,14-17H2,1H3/t24-,25+/m1/s1. The van der Waals surface area contributed by atoms with Crippen molar-refractivity contribution >= 4 is 5.91 Å². The van der Waals surface area contributed by atoms with Gasteiger partial charge in [0, 0.05) is 38.5 Å². The molecule has 2 heterocycles. The highest BCUT2D eigenvalue weighted by atomic mass is 19.1. The molecule has 1 N–H and O–H groups in total. The van der Waals surface area contributed by atoms with Crippen LogP contribution in [0, 0.1) is 11.7 Å². The van der Waals surface area contributed by atoms with Crippen LogP contribution >= 0.6 is 0 Å². The summed E-state index contributed by atoms with van der Waals surface area (Å²) in [5, 5.41) is 10.3. The fourth-order valence-electron chi connectivity index (χ4n) is 6.26. The number of aliphatic hydroxyl groups excluding tert-OH is 1. The summed E-state index contributed by atoms with van der Waals surface area (Å²) in [5.74, 6) is 0.796. The highest BCUT2D eigenvalue weighted by Crippen LogP contribution is 2.54. The normalized spacial score (nSPS) is 25.5. The summed E-state index contributed by atoms with van der Waals surface area (Å²) < 4.78 is 13.6. The van der Waals surface area contributed by atoms with Gasteiger partial charge in [0.05, 0.1) is 12.1 Å². The van der Waals surface area contributed by atoms with E-state index in [0.29, 0.717) is 5.92 Å². The lowest BCUT2D eigenvalue weighted by Crippen LogP contribution is -2.85. The summed E-state index contributed by atoms with van der Waals surface area (Å²) in [6, 6.07) is 15.1. The van der Waals surface area contributed by atoms with Crippen molar-refractivity contribution in [2.45, 2.75) is 50.1 Å². The number of hydrogen-bond acceptors (Lipinski definition) is 3. The molecule has 1 spiro atoms. The summed E-state index contributed by atoms with van der Waals surface area (Å²) in [6.07, 6.45) is 5.15. The van der Waals surface area contributed by atoms with E-state index in [-0.39, 0.29) is 35.8 Å². The molecule has 4 nitrogen and oxygen atoms in total. The Labute approximate surface area is 183 Å². The van der Waals surface area contributed by atoms with Crippen LogP contribution in [0.3, 0.4) is 0 Å². The second-order valence-electron chi connectivity index (χ2n) is 9.64. The highest BCUT2D eigenvalue weighted by Gasteiger charge is 2.66. The molecule has 164 valence electrons. The third-order valence-corrected chi connectivity index (χ3v) is 7.86. The number of halogens is 1. The molecule has 2 atom stereocenters. The van der Waals surface area contributed by atoms with Crippen molar-refractivity contribution in [3.63, 3.8) is 0 Å². The number of aliphatic hydroxyl groups is 1. The molecule has 0 aromatic heterocycles. The van der Waals surface area contributed by atoms with Gasteiger partial charge in [0.15, 0.2) is 0 Å². The quantitative estimate of drug-likeness (QED) is 0.791. The molecule has 2 aromatic rings. The molecule has 3 fully saturated rings. The lowest BCUT2D eigenvalue weighted by Gasteiger charge is -2.71. The van der Waals surface area contributed by atoms with Crippen molar-refractivity contribution in [1.29, 1.82) is 0 Å². The van der Waals surface area contributed by atoms with Crippen LogP contribution in [0.4, 0.5) is 4.39 Å². The molecular formula is C26H31FN2O2. The van der Waals surface area contributed by atoms with Crippen molar-refractivity contribution in [1.82, 2.24) is 9.80 Å².